The van der Waals surface area contributed by atoms with Gasteiger partial charge < -0.3 is 10.0 Å². The first-order chi connectivity index (χ1) is 6.02. The molecule has 0 amide bonds. The third-order valence-electron chi connectivity index (χ3n) is 2.25. The fraction of sp³-hybridized carbons (Fsp3) is 0.400. The van der Waals surface area contributed by atoms with Crippen LogP contribution in [0.3, 0.4) is 0 Å². The van der Waals surface area contributed by atoms with Crippen LogP contribution in [0.1, 0.15) is 30.9 Å². The van der Waals surface area contributed by atoms with Crippen LogP contribution in [0.2, 0.25) is 0 Å². The molecule has 0 saturated heterocycles. The summed E-state index contributed by atoms with van der Waals surface area (Å²) < 4.78 is 0. The highest BCUT2D eigenvalue weighted by Crippen LogP contribution is 2.13. The lowest BCUT2D eigenvalue weighted by Crippen LogP contribution is -2.32. The molecule has 3 heteroatoms. The lowest BCUT2D eigenvalue weighted by Gasteiger charge is -2.10. The van der Waals surface area contributed by atoms with Crippen LogP contribution in [0.25, 0.3) is 0 Å². The van der Waals surface area contributed by atoms with Crippen molar-refractivity contribution in [1.29, 1.82) is 0 Å². The van der Waals surface area contributed by atoms with Crippen LogP contribution in [0.4, 0.5) is 0 Å². The molecule has 0 heterocycles. The first-order valence-corrected chi connectivity index (χ1v) is 4.49. The van der Waals surface area contributed by atoms with Crippen molar-refractivity contribution in [3.8, 4) is 0 Å². The van der Waals surface area contributed by atoms with E-state index in [0.29, 0.717) is 11.4 Å². The van der Waals surface area contributed by atoms with E-state index in [1.807, 2.05) is 25.1 Å². The minimum Gasteiger partial charge on any atom is -0.423 e. The van der Waals surface area contributed by atoms with Gasteiger partial charge >= 0.3 is 7.12 Å². The molecule has 1 aromatic rings. The topological polar surface area (TPSA) is 40.5 Å². The first-order valence-electron chi connectivity index (χ1n) is 4.49. The van der Waals surface area contributed by atoms with Gasteiger partial charge in [-0.1, -0.05) is 37.6 Å². The molecule has 1 rings (SSSR count). The van der Waals surface area contributed by atoms with Crippen molar-refractivity contribution in [3.05, 3.63) is 29.3 Å². The Morgan fingerprint density at radius 3 is 2.31 bits per heavy atom. The van der Waals surface area contributed by atoms with Gasteiger partial charge in [-0.05, 0) is 23.9 Å². The standard InChI is InChI=1S/C10H15BO2/c1-7(2)9-5-4-8(3)10(6-9)11(12)13/h4-7,12-13H,1-3H3. The van der Waals surface area contributed by atoms with Gasteiger partial charge in [0, 0.05) is 0 Å². The molecule has 0 spiro atoms. The van der Waals surface area contributed by atoms with Crippen molar-refractivity contribution in [3.63, 3.8) is 0 Å². The predicted octanol–water partition coefficient (Wildman–Crippen LogP) is 0.798. The van der Waals surface area contributed by atoms with Gasteiger partial charge in [0.1, 0.15) is 0 Å². The van der Waals surface area contributed by atoms with Crippen LogP contribution < -0.4 is 5.46 Å². The van der Waals surface area contributed by atoms with E-state index >= 15 is 0 Å². The molecule has 0 aromatic heterocycles. The Morgan fingerprint density at radius 1 is 1.23 bits per heavy atom. The van der Waals surface area contributed by atoms with Crippen LogP contribution in [0, 0.1) is 6.92 Å². The quantitative estimate of drug-likeness (QED) is 0.657. The summed E-state index contributed by atoms with van der Waals surface area (Å²) in [6.45, 7) is 6.04. The molecule has 70 valence electrons. The molecular formula is C10H15BO2. The number of aryl methyl sites for hydroxylation is 1. The zero-order chi connectivity index (χ0) is 10.0. The number of hydrogen-bond acceptors (Lipinski definition) is 2. The van der Waals surface area contributed by atoms with Crippen molar-refractivity contribution in [2.24, 2.45) is 0 Å². The molecule has 0 bridgehead atoms. The first kappa shape index (κ1) is 10.3. The summed E-state index contributed by atoms with van der Waals surface area (Å²) in [6, 6.07) is 5.79. The highest BCUT2D eigenvalue weighted by molar-refractivity contribution is 6.59. The lowest BCUT2D eigenvalue weighted by atomic mass is 9.76. The van der Waals surface area contributed by atoms with Crippen LogP contribution in [-0.4, -0.2) is 17.2 Å². The maximum absolute atomic E-state index is 9.07. The summed E-state index contributed by atoms with van der Waals surface area (Å²) in [6.07, 6.45) is 0. The SMILES string of the molecule is Cc1ccc(C(C)C)cc1B(O)O. The van der Waals surface area contributed by atoms with Gasteiger partial charge in [0.2, 0.25) is 0 Å². The van der Waals surface area contributed by atoms with Crippen LogP contribution >= 0.6 is 0 Å². The van der Waals surface area contributed by atoms with Gasteiger partial charge in [-0.25, -0.2) is 0 Å². The van der Waals surface area contributed by atoms with Gasteiger partial charge in [-0.2, -0.15) is 0 Å². The van der Waals surface area contributed by atoms with Crippen LogP contribution in [0.15, 0.2) is 18.2 Å². The summed E-state index contributed by atoms with van der Waals surface area (Å²) in [4.78, 5) is 0. The van der Waals surface area contributed by atoms with Gasteiger partial charge in [0.05, 0.1) is 0 Å². The summed E-state index contributed by atoms with van der Waals surface area (Å²) in [7, 11) is -1.36. The zero-order valence-electron chi connectivity index (χ0n) is 8.28. The second-order valence-electron chi connectivity index (χ2n) is 3.64. The number of rotatable bonds is 2. The van der Waals surface area contributed by atoms with Gasteiger partial charge in [0.15, 0.2) is 0 Å². The Hall–Kier alpha value is -0.795. The number of benzene rings is 1. The van der Waals surface area contributed by atoms with E-state index in [4.69, 9.17) is 10.0 Å². The van der Waals surface area contributed by atoms with E-state index in [9.17, 15) is 0 Å². The molecule has 0 fully saturated rings. The van der Waals surface area contributed by atoms with E-state index in [0.717, 1.165) is 11.1 Å². The van der Waals surface area contributed by atoms with Crippen molar-refractivity contribution in [2.75, 3.05) is 0 Å². The van der Waals surface area contributed by atoms with E-state index in [1.54, 1.807) is 0 Å². The van der Waals surface area contributed by atoms with E-state index in [2.05, 4.69) is 13.8 Å². The molecule has 0 atom stereocenters. The molecule has 0 radical (unpaired) electrons. The minimum atomic E-state index is -1.36. The molecule has 2 nitrogen and oxygen atoms in total. The van der Waals surface area contributed by atoms with E-state index < -0.39 is 7.12 Å². The molecule has 0 aliphatic carbocycles. The predicted molar refractivity (Wildman–Crippen MR) is 55.1 cm³/mol. The molecular weight excluding hydrogens is 163 g/mol. The van der Waals surface area contributed by atoms with Crippen molar-refractivity contribution in [2.45, 2.75) is 26.7 Å². The third kappa shape index (κ3) is 2.33. The van der Waals surface area contributed by atoms with E-state index in [1.165, 1.54) is 0 Å². The Balaban J connectivity index is 3.11. The highest BCUT2D eigenvalue weighted by Gasteiger charge is 2.14. The third-order valence-corrected chi connectivity index (χ3v) is 2.25. The zero-order valence-corrected chi connectivity index (χ0v) is 8.28. The van der Waals surface area contributed by atoms with Gasteiger partial charge in [-0.15, -0.1) is 0 Å². The van der Waals surface area contributed by atoms with E-state index in [-0.39, 0.29) is 0 Å². The van der Waals surface area contributed by atoms with Gasteiger partial charge in [-0.3, -0.25) is 0 Å². The summed E-state index contributed by atoms with van der Waals surface area (Å²) in [5.74, 6) is 0.415. The summed E-state index contributed by atoms with van der Waals surface area (Å²) in [5, 5.41) is 18.1. The van der Waals surface area contributed by atoms with Gasteiger partial charge in [0.25, 0.3) is 0 Å². The largest absolute Gasteiger partial charge is 0.488 e. The molecule has 2 N–H and O–H groups in total. The monoisotopic (exact) mass is 178 g/mol. The minimum absolute atomic E-state index is 0.415. The second-order valence-corrected chi connectivity index (χ2v) is 3.64. The van der Waals surface area contributed by atoms with Crippen molar-refractivity contribution < 1.29 is 10.0 Å². The fourth-order valence-electron chi connectivity index (χ4n) is 1.30. The molecule has 0 aliphatic rings. The van der Waals surface area contributed by atoms with Crippen molar-refractivity contribution >= 4 is 12.6 Å². The normalized spacial score (nSPS) is 10.6. The average molecular weight is 178 g/mol. The maximum atomic E-state index is 9.07. The lowest BCUT2D eigenvalue weighted by molar-refractivity contribution is 0.425. The molecule has 0 aliphatic heterocycles. The Morgan fingerprint density at radius 2 is 1.85 bits per heavy atom. The Bertz CT molecular complexity index is 295. The molecule has 0 saturated carbocycles. The smallest absolute Gasteiger partial charge is 0.423 e. The maximum Gasteiger partial charge on any atom is 0.488 e. The van der Waals surface area contributed by atoms with Crippen molar-refractivity contribution in [1.82, 2.24) is 0 Å². The summed E-state index contributed by atoms with van der Waals surface area (Å²) >= 11 is 0. The fourth-order valence-corrected chi connectivity index (χ4v) is 1.30. The summed E-state index contributed by atoms with van der Waals surface area (Å²) in [5.41, 5.74) is 2.65. The molecule has 0 unspecified atom stereocenters. The number of hydrogen-bond donors (Lipinski definition) is 2. The Kier molecular flexibility index (Phi) is 3.12. The molecule has 13 heavy (non-hydrogen) atoms. The average Bonchev–Trinajstić information content (AvgIpc) is 2.04. The Labute approximate surface area is 79.4 Å². The highest BCUT2D eigenvalue weighted by atomic mass is 16.4. The van der Waals surface area contributed by atoms with Crippen LogP contribution in [-0.2, 0) is 0 Å². The molecule has 1 aromatic carbocycles. The van der Waals surface area contributed by atoms with Crippen LogP contribution in [0.5, 0.6) is 0 Å². The second kappa shape index (κ2) is 3.94.